The molecular formula is C10H17N3. The fourth-order valence-corrected chi connectivity index (χ4v) is 0.779. The highest BCUT2D eigenvalue weighted by atomic mass is 14.9. The highest BCUT2D eigenvalue weighted by molar-refractivity contribution is 5.66. The van der Waals surface area contributed by atoms with Crippen LogP contribution in [0.2, 0.25) is 0 Å². The molecule has 1 aromatic heterocycles. The van der Waals surface area contributed by atoms with Crippen LogP contribution in [-0.4, -0.2) is 11.2 Å². The van der Waals surface area contributed by atoms with Crippen LogP contribution in [0.4, 0.5) is 11.5 Å². The van der Waals surface area contributed by atoms with Gasteiger partial charge in [0.05, 0.1) is 5.69 Å². The van der Waals surface area contributed by atoms with E-state index in [4.69, 9.17) is 5.73 Å². The molecule has 0 atom stereocenters. The van der Waals surface area contributed by atoms with Gasteiger partial charge in [0.15, 0.2) is 5.82 Å². The Morgan fingerprint density at radius 2 is 2.00 bits per heavy atom. The Bertz CT molecular complexity index is 279. The summed E-state index contributed by atoms with van der Waals surface area (Å²) < 4.78 is 0. The van der Waals surface area contributed by atoms with E-state index in [-0.39, 0.29) is 0 Å². The molecule has 1 rings (SSSR count). The lowest BCUT2D eigenvalue weighted by Crippen LogP contribution is -1.89. The average Bonchev–Trinajstić information content (AvgIpc) is 2.15. The summed E-state index contributed by atoms with van der Waals surface area (Å²) in [5.41, 5.74) is 7.15. The van der Waals surface area contributed by atoms with E-state index >= 15 is 0 Å². The second-order valence-corrected chi connectivity index (χ2v) is 2.25. The van der Waals surface area contributed by atoms with Crippen molar-refractivity contribution < 1.29 is 0 Å². The van der Waals surface area contributed by atoms with Crippen LogP contribution in [0.15, 0.2) is 17.1 Å². The van der Waals surface area contributed by atoms with Crippen LogP contribution in [0.5, 0.6) is 0 Å². The normalized spacial score (nSPS) is 9.54. The fourth-order valence-electron chi connectivity index (χ4n) is 0.779. The predicted molar refractivity (Wildman–Crippen MR) is 58.6 cm³/mol. The predicted octanol–water partition coefficient (Wildman–Crippen LogP) is 2.72. The number of pyridine rings is 1. The van der Waals surface area contributed by atoms with Crippen molar-refractivity contribution in [3.63, 3.8) is 0 Å². The fraction of sp³-hybridized carbons (Fsp3) is 0.400. The van der Waals surface area contributed by atoms with Gasteiger partial charge in [-0.3, -0.25) is 0 Å². The van der Waals surface area contributed by atoms with E-state index in [1.165, 1.54) is 0 Å². The lowest BCUT2D eigenvalue weighted by molar-refractivity contribution is 1.18. The SMILES string of the molecule is C/C=N\c1nc(C)ccc1N.CC. The molecule has 3 heteroatoms. The van der Waals surface area contributed by atoms with Gasteiger partial charge >= 0.3 is 0 Å². The molecule has 0 radical (unpaired) electrons. The number of hydrogen-bond donors (Lipinski definition) is 1. The number of aromatic nitrogens is 1. The molecule has 0 aliphatic carbocycles. The third-order valence-corrected chi connectivity index (χ3v) is 1.30. The minimum Gasteiger partial charge on any atom is -0.396 e. The molecule has 0 saturated carbocycles. The van der Waals surface area contributed by atoms with E-state index in [9.17, 15) is 0 Å². The Balaban J connectivity index is 0.000000671. The van der Waals surface area contributed by atoms with Crippen molar-refractivity contribution in [3.8, 4) is 0 Å². The Morgan fingerprint density at radius 3 is 2.54 bits per heavy atom. The van der Waals surface area contributed by atoms with Crippen LogP contribution >= 0.6 is 0 Å². The molecule has 2 N–H and O–H groups in total. The van der Waals surface area contributed by atoms with E-state index in [1.807, 2.05) is 39.8 Å². The van der Waals surface area contributed by atoms with E-state index < -0.39 is 0 Å². The lowest BCUT2D eigenvalue weighted by Gasteiger charge is -1.98. The first-order valence-corrected chi connectivity index (χ1v) is 4.46. The topological polar surface area (TPSA) is 51.3 Å². The first-order chi connectivity index (χ1) is 6.24. The highest BCUT2D eigenvalue weighted by Crippen LogP contribution is 2.17. The van der Waals surface area contributed by atoms with Gasteiger partial charge in [0.1, 0.15) is 0 Å². The van der Waals surface area contributed by atoms with E-state index in [0.29, 0.717) is 11.5 Å². The van der Waals surface area contributed by atoms with Gasteiger partial charge in [-0.1, -0.05) is 13.8 Å². The molecule has 0 aromatic carbocycles. The molecule has 1 heterocycles. The Labute approximate surface area is 79.7 Å². The molecule has 0 unspecified atom stereocenters. The number of rotatable bonds is 1. The second kappa shape index (κ2) is 6.17. The van der Waals surface area contributed by atoms with E-state index in [2.05, 4.69) is 9.98 Å². The summed E-state index contributed by atoms with van der Waals surface area (Å²) in [4.78, 5) is 8.15. The average molecular weight is 179 g/mol. The highest BCUT2D eigenvalue weighted by Gasteiger charge is 1.95. The standard InChI is InChI=1S/C8H11N3.C2H6/c1-3-10-8-7(9)5-4-6(2)11-8;1-2/h3-5H,9H2,1-2H3;1-2H3/b10-3-;. The lowest BCUT2D eigenvalue weighted by atomic mass is 10.3. The van der Waals surface area contributed by atoms with Crippen LogP contribution in [0.1, 0.15) is 26.5 Å². The molecular weight excluding hydrogens is 162 g/mol. The largest absolute Gasteiger partial charge is 0.396 e. The zero-order valence-corrected chi connectivity index (χ0v) is 8.70. The first kappa shape index (κ1) is 11.6. The van der Waals surface area contributed by atoms with Crippen molar-refractivity contribution in [1.82, 2.24) is 4.98 Å². The van der Waals surface area contributed by atoms with Gasteiger partial charge in [-0.15, -0.1) is 0 Å². The molecule has 0 amide bonds. The van der Waals surface area contributed by atoms with Crippen molar-refractivity contribution in [2.45, 2.75) is 27.7 Å². The van der Waals surface area contributed by atoms with E-state index in [1.54, 1.807) is 6.21 Å². The Kier molecular flexibility index (Phi) is 5.52. The van der Waals surface area contributed by atoms with Gasteiger partial charge in [0.2, 0.25) is 0 Å². The second-order valence-electron chi connectivity index (χ2n) is 2.25. The summed E-state index contributed by atoms with van der Waals surface area (Å²) in [6.45, 7) is 7.75. The summed E-state index contributed by atoms with van der Waals surface area (Å²) in [6.07, 6.45) is 1.68. The van der Waals surface area contributed by atoms with Crippen LogP contribution in [-0.2, 0) is 0 Å². The summed E-state index contributed by atoms with van der Waals surface area (Å²) >= 11 is 0. The Morgan fingerprint density at radius 1 is 1.38 bits per heavy atom. The van der Waals surface area contributed by atoms with Gasteiger partial charge in [-0.25, -0.2) is 9.98 Å². The molecule has 0 spiro atoms. The molecule has 0 bridgehead atoms. The maximum atomic E-state index is 5.60. The minimum atomic E-state index is 0.604. The molecule has 3 nitrogen and oxygen atoms in total. The summed E-state index contributed by atoms with van der Waals surface area (Å²) in [5.74, 6) is 0.604. The summed E-state index contributed by atoms with van der Waals surface area (Å²) in [7, 11) is 0. The van der Waals surface area contributed by atoms with Gasteiger partial charge in [0, 0.05) is 11.9 Å². The quantitative estimate of drug-likeness (QED) is 0.674. The minimum absolute atomic E-state index is 0.604. The van der Waals surface area contributed by atoms with Gasteiger partial charge in [-0.05, 0) is 26.0 Å². The van der Waals surface area contributed by atoms with Gasteiger partial charge < -0.3 is 5.73 Å². The van der Waals surface area contributed by atoms with Crippen molar-refractivity contribution in [1.29, 1.82) is 0 Å². The number of nitrogens with zero attached hydrogens (tertiary/aromatic N) is 2. The smallest absolute Gasteiger partial charge is 0.175 e. The Hall–Kier alpha value is -1.38. The van der Waals surface area contributed by atoms with Crippen LogP contribution in [0.25, 0.3) is 0 Å². The van der Waals surface area contributed by atoms with Gasteiger partial charge in [0.25, 0.3) is 0 Å². The third-order valence-electron chi connectivity index (χ3n) is 1.30. The number of aryl methyl sites for hydroxylation is 1. The number of nitrogens with two attached hydrogens (primary N) is 1. The van der Waals surface area contributed by atoms with Crippen LogP contribution in [0.3, 0.4) is 0 Å². The van der Waals surface area contributed by atoms with Crippen molar-refractivity contribution in [2.75, 3.05) is 5.73 Å². The van der Waals surface area contributed by atoms with E-state index in [0.717, 1.165) is 5.69 Å². The van der Waals surface area contributed by atoms with Crippen molar-refractivity contribution in [3.05, 3.63) is 17.8 Å². The number of aliphatic imine (C=N–C) groups is 1. The van der Waals surface area contributed by atoms with Crippen molar-refractivity contribution >= 4 is 17.7 Å². The molecule has 72 valence electrons. The number of nitrogen functional groups attached to an aromatic ring is 1. The summed E-state index contributed by atoms with van der Waals surface area (Å²) in [6, 6.07) is 3.68. The maximum Gasteiger partial charge on any atom is 0.175 e. The van der Waals surface area contributed by atoms with Crippen molar-refractivity contribution in [2.24, 2.45) is 4.99 Å². The molecule has 0 aliphatic rings. The molecule has 0 fully saturated rings. The first-order valence-electron chi connectivity index (χ1n) is 4.46. The monoisotopic (exact) mass is 179 g/mol. The third kappa shape index (κ3) is 3.69. The van der Waals surface area contributed by atoms with Gasteiger partial charge in [-0.2, -0.15) is 0 Å². The molecule has 1 aromatic rings. The maximum absolute atomic E-state index is 5.60. The summed E-state index contributed by atoms with van der Waals surface area (Å²) in [5, 5.41) is 0. The molecule has 0 saturated heterocycles. The zero-order valence-electron chi connectivity index (χ0n) is 8.70. The number of anilines is 1. The van der Waals surface area contributed by atoms with Crippen LogP contribution < -0.4 is 5.73 Å². The number of hydrogen-bond acceptors (Lipinski definition) is 3. The van der Waals surface area contributed by atoms with Crippen LogP contribution in [0, 0.1) is 6.92 Å². The zero-order chi connectivity index (χ0) is 10.3. The molecule has 0 aliphatic heterocycles. The molecule has 13 heavy (non-hydrogen) atoms.